The summed E-state index contributed by atoms with van der Waals surface area (Å²) >= 11 is 0. The van der Waals surface area contributed by atoms with E-state index >= 15 is 0 Å². The first-order valence-corrected chi connectivity index (χ1v) is 6.87. The van der Waals surface area contributed by atoms with Crippen LogP contribution in [0.5, 0.6) is 0 Å². The van der Waals surface area contributed by atoms with Crippen LogP contribution < -0.4 is 10.5 Å². The predicted octanol–water partition coefficient (Wildman–Crippen LogP) is 0.105. The van der Waals surface area contributed by atoms with Crippen LogP contribution in [-0.4, -0.2) is 31.7 Å². The summed E-state index contributed by atoms with van der Waals surface area (Å²) in [5, 5.41) is 8.58. The maximum Gasteiger partial charge on any atom is 0.244 e. The van der Waals surface area contributed by atoms with Crippen molar-refractivity contribution in [1.82, 2.24) is 9.71 Å². The van der Waals surface area contributed by atoms with Gasteiger partial charge >= 0.3 is 0 Å². The number of nitrogens with two attached hydrogens (primary N) is 1. The van der Waals surface area contributed by atoms with Crippen molar-refractivity contribution in [2.45, 2.75) is 24.2 Å². The quantitative estimate of drug-likeness (QED) is 0.602. The van der Waals surface area contributed by atoms with Crippen LogP contribution in [0, 0.1) is 0 Å². The van der Waals surface area contributed by atoms with E-state index in [1.54, 1.807) is 0 Å². The van der Waals surface area contributed by atoms with Gasteiger partial charge in [-0.3, -0.25) is 0 Å². The van der Waals surface area contributed by atoms with Crippen molar-refractivity contribution in [3.8, 4) is 0 Å². The lowest BCUT2D eigenvalue weighted by Gasteiger charge is -2.07. The highest BCUT2D eigenvalue weighted by Gasteiger charge is 2.16. The van der Waals surface area contributed by atoms with E-state index in [2.05, 4.69) is 9.71 Å². The topological polar surface area (TPSA) is 105 Å². The van der Waals surface area contributed by atoms with Crippen LogP contribution in [0.2, 0.25) is 0 Å². The molecule has 0 aliphatic heterocycles. The summed E-state index contributed by atoms with van der Waals surface area (Å²) in [5.41, 5.74) is 5.50. The van der Waals surface area contributed by atoms with E-state index in [0.29, 0.717) is 19.4 Å². The van der Waals surface area contributed by atoms with Gasteiger partial charge in [0.1, 0.15) is 10.7 Å². The molecule has 96 valence electrons. The number of nitrogen functional groups attached to an aromatic ring is 1. The van der Waals surface area contributed by atoms with Gasteiger partial charge in [0, 0.05) is 19.3 Å². The molecule has 0 atom stereocenters. The highest BCUT2D eigenvalue weighted by atomic mass is 32.2. The lowest BCUT2D eigenvalue weighted by molar-refractivity contribution is 0.283. The highest BCUT2D eigenvalue weighted by Crippen LogP contribution is 2.13. The van der Waals surface area contributed by atoms with Crippen molar-refractivity contribution in [2.24, 2.45) is 0 Å². The molecule has 0 spiro atoms. The molecule has 0 aliphatic rings. The van der Waals surface area contributed by atoms with Crippen LogP contribution in [0.25, 0.3) is 0 Å². The third-order valence-electron chi connectivity index (χ3n) is 2.22. The van der Waals surface area contributed by atoms with Gasteiger partial charge in [-0.2, -0.15) is 0 Å². The van der Waals surface area contributed by atoms with Gasteiger partial charge in [0.05, 0.1) is 0 Å². The summed E-state index contributed by atoms with van der Waals surface area (Å²) in [7, 11) is -3.58. The Bertz CT molecular complexity index is 448. The summed E-state index contributed by atoms with van der Waals surface area (Å²) in [6.07, 6.45) is 3.58. The van der Waals surface area contributed by atoms with Crippen LogP contribution in [0.4, 0.5) is 5.82 Å². The lowest BCUT2D eigenvalue weighted by atomic mass is 10.2. The second-order valence-electron chi connectivity index (χ2n) is 3.57. The Kier molecular flexibility index (Phi) is 5.33. The number of unbranched alkanes of at least 4 members (excludes halogenated alkanes) is 2. The number of aliphatic hydroxyl groups excluding tert-OH is 1. The molecular weight excluding hydrogens is 242 g/mol. The van der Waals surface area contributed by atoms with E-state index in [9.17, 15) is 8.42 Å². The van der Waals surface area contributed by atoms with Gasteiger partial charge in [-0.25, -0.2) is 18.1 Å². The Morgan fingerprint density at radius 1 is 1.35 bits per heavy atom. The zero-order valence-corrected chi connectivity index (χ0v) is 10.3. The van der Waals surface area contributed by atoms with E-state index in [4.69, 9.17) is 10.8 Å². The maximum absolute atomic E-state index is 11.8. The number of aliphatic hydroxyl groups is 1. The zero-order valence-electron chi connectivity index (χ0n) is 9.46. The molecule has 0 bridgehead atoms. The molecule has 0 fully saturated rings. The monoisotopic (exact) mass is 259 g/mol. The number of hydrogen-bond donors (Lipinski definition) is 3. The minimum absolute atomic E-state index is 0.00200. The SMILES string of the molecule is Nc1ncccc1S(=O)(=O)NCCCCCO. The molecule has 0 saturated heterocycles. The van der Waals surface area contributed by atoms with Gasteiger partial charge in [0.25, 0.3) is 0 Å². The second-order valence-corrected chi connectivity index (χ2v) is 5.30. The highest BCUT2D eigenvalue weighted by molar-refractivity contribution is 7.89. The summed E-state index contributed by atoms with van der Waals surface area (Å²) in [6, 6.07) is 2.94. The Morgan fingerprint density at radius 3 is 2.76 bits per heavy atom. The molecule has 0 amide bonds. The number of sulfonamides is 1. The first-order chi connectivity index (χ1) is 8.08. The molecule has 1 heterocycles. The van der Waals surface area contributed by atoms with E-state index in [0.717, 1.165) is 6.42 Å². The van der Waals surface area contributed by atoms with Gasteiger partial charge in [-0.15, -0.1) is 0 Å². The fourth-order valence-corrected chi connectivity index (χ4v) is 2.48. The number of anilines is 1. The molecule has 0 unspecified atom stereocenters. The van der Waals surface area contributed by atoms with E-state index in [-0.39, 0.29) is 17.3 Å². The number of pyridine rings is 1. The van der Waals surface area contributed by atoms with Crippen LogP contribution in [0.15, 0.2) is 23.2 Å². The first kappa shape index (κ1) is 13.9. The van der Waals surface area contributed by atoms with Crippen molar-refractivity contribution < 1.29 is 13.5 Å². The van der Waals surface area contributed by atoms with Gasteiger partial charge in [0.15, 0.2) is 0 Å². The minimum atomic E-state index is -3.58. The molecule has 1 rings (SSSR count). The van der Waals surface area contributed by atoms with Gasteiger partial charge in [-0.05, 0) is 31.4 Å². The van der Waals surface area contributed by atoms with Crippen molar-refractivity contribution in [3.05, 3.63) is 18.3 Å². The standard InChI is InChI=1S/C10H17N3O3S/c11-10-9(5-4-6-12-10)17(15,16)13-7-2-1-3-8-14/h4-6,13-14H,1-3,7-8H2,(H2,11,12). The number of nitrogens with zero attached hydrogens (tertiary/aromatic N) is 1. The maximum atomic E-state index is 11.8. The fraction of sp³-hybridized carbons (Fsp3) is 0.500. The number of nitrogens with one attached hydrogen (secondary N) is 1. The van der Waals surface area contributed by atoms with Crippen molar-refractivity contribution >= 4 is 15.8 Å². The number of rotatable bonds is 7. The van der Waals surface area contributed by atoms with Crippen LogP contribution in [-0.2, 0) is 10.0 Å². The van der Waals surface area contributed by atoms with Crippen LogP contribution in [0.1, 0.15) is 19.3 Å². The van der Waals surface area contributed by atoms with Gasteiger partial charge in [0.2, 0.25) is 10.0 Å². The minimum Gasteiger partial charge on any atom is -0.396 e. The molecule has 1 aromatic heterocycles. The van der Waals surface area contributed by atoms with Crippen molar-refractivity contribution in [1.29, 1.82) is 0 Å². The normalized spacial score (nSPS) is 11.6. The molecular formula is C10H17N3O3S. The number of aromatic nitrogens is 1. The molecule has 1 aromatic rings. The van der Waals surface area contributed by atoms with Gasteiger partial charge in [-0.1, -0.05) is 0 Å². The number of hydrogen-bond acceptors (Lipinski definition) is 5. The van der Waals surface area contributed by atoms with Crippen molar-refractivity contribution in [3.63, 3.8) is 0 Å². The van der Waals surface area contributed by atoms with E-state index < -0.39 is 10.0 Å². The molecule has 0 radical (unpaired) electrons. The zero-order chi connectivity index (χ0) is 12.7. The van der Waals surface area contributed by atoms with Crippen molar-refractivity contribution in [2.75, 3.05) is 18.9 Å². The van der Waals surface area contributed by atoms with Gasteiger partial charge < -0.3 is 10.8 Å². The summed E-state index contributed by atoms with van der Waals surface area (Å²) in [6.45, 7) is 0.457. The van der Waals surface area contributed by atoms with E-state index in [1.165, 1.54) is 18.3 Å². The average molecular weight is 259 g/mol. The third kappa shape index (κ3) is 4.29. The molecule has 0 saturated carbocycles. The molecule has 6 nitrogen and oxygen atoms in total. The Hall–Kier alpha value is -1.18. The smallest absolute Gasteiger partial charge is 0.244 e. The average Bonchev–Trinajstić information content (AvgIpc) is 2.29. The van der Waals surface area contributed by atoms with Crippen LogP contribution in [0.3, 0.4) is 0 Å². The first-order valence-electron chi connectivity index (χ1n) is 5.39. The summed E-state index contributed by atoms with van der Waals surface area (Å²) < 4.78 is 26.1. The summed E-state index contributed by atoms with van der Waals surface area (Å²) in [5.74, 6) is -0.00430. The Morgan fingerprint density at radius 2 is 2.12 bits per heavy atom. The molecule has 0 aromatic carbocycles. The largest absolute Gasteiger partial charge is 0.396 e. The summed E-state index contributed by atoms with van der Waals surface area (Å²) in [4.78, 5) is 3.73. The van der Waals surface area contributed by atoms with E-state index in [1.807, 2.05) is 0 Å². The molecule has 0 aliphatic carbocycles. The molecule has 4 N–H and O–H groups in total. The fourth-order valence-electron chi connectivity index (χ4n) is 1.33. The third-order valence-corrected chi connectivity index (χ3v) is 3.72. The molecule has 17 heavy (non-hydrogen) atoms. The predicted molar refractivity (Wildman–Crippen MR) is 64.8 cm³/mol. The Balaban J connectivity index is 2.55. The second kappa shape index (κ2) is 6.53. The van der Waals surface area contributed by atoms with Crippen LogP contribution >= 0.6 is 0 Å². The molecule has 7 heteroatoms. The lowest BCUT2D eigenvalue weighted by Crippen LogP contribution is -2.25. The Labute approximate surface area is 101 Å².